The molecule has 0 atom stereocenters. The van der Waals surface area contributed by atoms with Crippen LogP contribution in [0.1, 0.15) is 19.3 Å². The lowest BCUT2D eigenvalue weighted by atomic mass is 9.84. The Bertz CT molecular complexity index is 557. The average molecular weight is 276 g/mol. The van der Waals surface area contributed by atoms with Crippen molar-refractivity contribution in [1.82, 2.24) is 14.7 Å². The maximum absolute atomic E-state index is 12.2. The summed E-state index contributed by atoms with van der Waals surface area (Å²) in [4.78, 5) is 27.9. The molecule has 1 aliphatic heterocycles. The fourth-order valence-corrected chi connectivity index (χ4v) is 2.73. The summed E-state index contributed by atoms with van der Waals surface area (Å²) in [6, 6.07) is 1.61. The van der Waals surface area contributed by atoms with Crippen LogP contribution in [0.5, 0.6) is 0 Å². The molecule has 0 spiro atoms. The van der Waals surface area contributed by atoms with Crippen LogP contribution in [-0.4, -0.2) is 46.8 Å². The van der Waals surface area contributed by atoms with Crippen LogP contribution in [0.25, 0.3) is 0 Å². The van der Waals surface area contributed by atoms with E-state index in [4.69, 9.17) is 0 Å². The maximum atomic E-state index is 12.2. The van der Waals surface area contributed by atoms with Gasteiger partial charge in [-0.15, -0.1) is 0 Å². The zero-order valence-corrected chi connectivity index (χ0v) is 11.8. The molecule has 3 rings (SSSR count). The van der Waals surface area contributed by atoms with Crippen molar-refractivity contribution in [2.24, 2.45) is 13.0 Å². The van der Waals surface area contributed by atoms with Gasteiger partial charge in [0, 0.05) is 45.2 Å². The molecule has 0 unspecified atom stereocenters. The molecule has 2 aliphatic rings. The molecule has 1 saturated heterocycles. The van der Waals surface area contributed by atoms with Crippen molar-refractivity contribution in [3.05, 3.63) is 22.6 Å². The van der Waals surface area contributed by atoms with E-state index in [0.29, 0.717) is 5.91 Å². The maximum Gasteiger partial charge on any atom is 0.268 e. The molecule has 1 saturated carbocycles. The second-order valence-corrected chi connectivity index (χ2v) is 5.62. The van der Waals surface area contributed by atoms with E-state index in [1.807, 2.05) is 4.90 Å². The normalized spacial score (nSPS) is 19.9. The zero-order chi connectivity index (χ0) is 14.1. The monoisotopic (exact) mass is 276 g/mol. The summed E-state index contributed by atoms with van der Waals surface area (Å²) in [7, 11) is 1.64. The minimum Gasteiger partial charge on any atom is -0.367 e. The Balaban J connectivity index is 1.61. The predicted molar refractivity (Wildman–Crippen MR) is 75.6 cm³/mol. The first-order chi connectivity index (χ1) is 9.65. The number of aromatic nitrogens is 2. The van der Waals surface area contributed by atoms with E-state index in [0.717, 1.165) is 44.7 Å². The molecule has 0 radical (unpaired) electrons. The number of hydrogen-bond donors (Lipinski definition) is 0. The number of amides is 1. The summed E-state index contributed by atoms with van der Waals surface area (Å²) in [5.41, 5.74) is 0.749. The van der Waals surface area contributed by atoms with Gasteiger partial charge in [-0.3, -0.25) is 9.59 Å². The van der Waals surface area contributed by atoms with E-state index >= 15 is 0 Å². The van der Waals surface area contributed by atoms with Gasteiger partial charge in [0.05, 0.1) is 11.9 Å². The van der Waals surface area contributed by atoms with Gasteiger partial charge in [-0.2, -0.15) is 5.10 Å². The fourth-order valence-electron chi connectivity index (χ4n) is 2.73. The quantitative estimate of drug-likeness (QED) is 0.776. The molecule has 108 valence electrons. The number of hydrogen-bond acceptors (Lipinski definition) is 4. The molecule has 1 aromatic rings. The molecule has 6 heteroatoms. The molecule has 6 nitrogen and oxygen atoms in total. The van der Waals surface area contributed by atoms with Crippen LogP contribution >= 0.6 is 0 Å². The number of anilines is 1. The average Bonchev–Trinajstić information content (AvgIpc) is 2.40. The third-order valence-electron chi connectivity index (χ3n) is 4.36. The van der Waals surface area contributed by atoms with Crippen LogP contribution < -0.4 is 10.5 Å². The molecule has 1 amide bonds. The van der Waals surface area contributed by atoms with Gasteiger partial charge < -0.3 is 9.80 Å². The van der Waals surface area contributed by atoms with Crippen molar-refractivity contribution in [1.29, 1.82) is 0 Å². The van der Waals surface area contributed by atoms with Crippen molar-refractivity contribution in [2.75, 3.05) is 31.1 Å². The summed E-state index contributed by atoms with van der Waals surface area (Å²) in [5.74, 6) is 0.588. The van der Waals surface area contributed by atoms with Gasteiger partial charge in [-0.25, -0.2) is 4.68 Å². The first kappa shape index (κ1) is 13.1. The van der Waals surface area contributed by atoms with E-state index in [2.05, 4.69) is 10.00 Å². The molecule has 2 fully saturated rings. The van der Waals surface area contributed by atoms with Gasteiger partial charge in [0.2, 0.25) is 5.91 Å². The van der Waals surface area contributed by atoms with Crippen molar-refractivity contribution in [3.63, 3.8) is 0 Å². The van der Waals surface area contributed by atoms with E-state index in [1.165, 1.54) is 11.1 Å². The number of aryl methyl sites for hydroxylation is 1. The van der Waals surface area contributed by atoms with Crippen LogP contribution in [0.2, 0.25) is 0 Å². The third kappa shape index (κ3) is 2.42. The first-order valence-corrected chi connectivity index (χ1v) is 7.22. The van der Waals surface area contributed by atoms with Gasteiger partial charge in [-0.05, 0) is 12.8 Å². The lowest BCUT2D eigenvalue weighted by Gasteiger charge is -2.38. The molecule has 1 aliphatic carbocycles. The molecule has 1 aromatic heterocycles. The summed E-state index contributed by atoms with van der Waals surface area (Å²) in [5, 5.41) is 4.04. The van der Waals surface area contributed by atoms with Gasteiger partial charge >= 0.3 is 0 Å². The second-order valence-electron chi connectivity index (χ2n) is 5.62. The molecule has 2 heterocycles. The molecular formula is C14H20N4O2. The lowest BCUT2D eigenvalue weighted by Crippen LogP contribution is -2.51. The Morgan fingerprint density at radius 1 is 1.25 bits per heavy atom. The van der Waals surface area contributed by atoms with Crippen LogP contribution in [0, 0.1) is 5.92 Å². The fraction of sp³-hybridized carbons (Fsp3) is 0.643. The van der Waals surface area contributed by atoms with Gasteiger partial charge in [0.1, 0.15) is 0 Å². The third-order valence-corrected chi connectivity index (χ3v) is 4.36. The van der Waals surface area contributed by atoms with Crippen molar-refractivity contribution >= 4 is 11.6 Å². The van der Waals surface area contributed by atoms with E-state index in [1.54, 1.807) is 19.3 Å². The highest BCUT2D eigenvalue weighted by Gasteiger charge is 2.31. The Morgan fingerprint density at radius 2 is 1.95 bits per heavy atom. The number of nitrogens with zero attached hydrogens (tertiary/aromatic N) is 4. The van der Waals surface area contributed by atoms with Crippen LogP contribution in [0.4, 0.5) is 5.69 Å². The largest absolute Gasteiger partial charge is 0.367 e. The summed E-state index contributed by atoms with van der Waals surface area (Å²) >= 11 is 0. The summed E-state index contributed by atoms with van der Waals surface area (Å²) in [6.07, 6.45) is 5.01. The number of carbonyl (C=O) groups excluding carboxylic acids is 1. The number of carbonyl (C=O) groups is 1. The molecular weight excluding hydrogens is 256 g/mol. The highest BCUT2D eigenvalue weighted by Crippen LogP contribution is 2.28. The zero-order valence-electron chi connectivity index (χ0n) is 11.8. The Hall–Kier alpha value is -1.85. The topological polar surface area (TPSA) is 58.4 Å². The highest BCUT2D eigenvalue weighted by molar-refractivity contribution is 5.79. The Morgan fingerprint density at radius 3 is 2.50 bits per heavy atom. The van der Waals surface area contributed by atoms with Crippen molar-refractivity contribution < 1.29 is 4.79 Å². The predicted octanol–water partition coefficient (Wildman–Crippen LogP) is 0.229. The molecule has 20 heavy (non-hydrogen) atoms. The summed E-state index contributed by atoms with van der Waals surface area (Å²) in [6.45, 7) is 3.02. The first-order valence-electron chi connectivity index (χ1n) is 7.22. The van der Waals surface area contributed by atoms with Crippen LogP contribution in [-0.2, 0) is 11.8 Å². The SMILES string of the molecule is Cn1ncc(N2CCN(C(=O)C3CCC3)CC2)cc1=O. The van der Waals surface area contributed by atoms with E-state index in [-0.39, 0.29) is 11.5 Å². The Kier molecular flexibility index (Phi) is 3.46. The van der Waals surface area contributed by atoms with Gasteiger partial charge in [0.25, 0.3) is 5.56 Å². The second kappa shape index (κ2) is 5.26. The molecule has 0 aromatic carbocycles. The smallest absolute Gasteiger partial charge is 0.268 e. The van der Waals surface area contributed by atoms with Gasteiger partial charge in [0.15, 0.2) is 0 Å². The van der Waals surface area contributed by atoms with Crippen molar-refractivity contribution in [3.8, 4) is 0 Å². The molecule has 0 bridgehead atoms. The standard InChI is InChI=1S/C14H20N4O2/c1-16-13(19)9-12(10-15-16)17-5-7-18(8-6-17)14(20)11-3-2-4-11/h9-11H,2-8H2,1H3. The number of piperazine rings is 1. The minimum atomic E-state index is -0.101. The van der Waals surface area contributed by atoms with Gasteiger partial charge in [-0.1, -0.05) is 6.42 Å². The van der Waals surface area contributed by atoms with E-state index < -0.39 is 0 Å². The molecule has 0 N–H and O–H groups in total. The van der Waals surface area contributed by atoms with Crippen LogP contribution in [0.15, 0.2) is 17.1 Å². The Labute approximate surface area is 118 Å². The van der Waals surface area contributed by atoms with Crippen molar-refractivity contribution in [2.45, 2.75) is 19.3 Å². The summed E-state index contributed by atoms with van der Waals surface area (Å²) < 4.78 is 1.32. The number of rotatable bonds is 2. The van der Waals surface area contributed by atoms with Crippen LogP contribution in [0.3, 0.4) is 0 Å². The lowest BCUT2D eigenvalue weighted by molar-refractivity contribution is -0.138. The van der Waals surface area contributed by atoms with E-state index in [9.17, 15) is 9.59 Å². The highest BCUT2D eigenvalue weighted by atomic mass is 16.2. The minimum absolute atomic E-state index is 0.101.